The van der Waals surface area contributed by atoms with Gasteiger partial charge in [-0.15, -0.1) is 35.3 Å². The second-order valence-electron chi connectivity index (χ2n) is 6.41. The summed E-state index contributed by atoms with van der Waals surface area (Å²) in [6, 6.07) is 0. The molecule has 0 radical (unpaired) electrons. The molecule has 3 N–H and O–H groups in total. The van der Waals surface area contributed by atoms with Gasteiger partial charge in [-0.25, -0.2) is 9.98 Å². The van der Waals surface area contributed by atoms with Crippen LogP contribution in [0.1, 0.15) is 44.8 Å². The lowest BCUT2D eigenvalue weighted by atomic mass is 10.1. The zero-order valence-electron chi connectivity index (χ0n) is 15.2. The van der Waals surface area contributed by atoms with Gasteiger partial charge in [0.05, 0.1) is 5.01 Å². The molecule has 0 saturated carbocycles. The Morgan fingerprint density at radius 3 is 2.58 bits per heavy atom. The Morgan fingerprint density at radius 1 is 1.33 bits per heavy atom. The van der Waals surface area contributed by atoms with Crippen molar-refractivity contribution in [2.45, 2.75) is 53.0 Å². The van der Waals surface area contributed by atoms with E-state index < -0.39 is 0 Å². The minimum absolute atomic E-state index is 0. The highest BCUT2D eigenvalue weighted by atomic mass is 127. The molecule has 1 amide bonds. The van der Waals surface area contributed by atoms with Crippen molar-refractivity contribution < 1.29 is 4.79 Å². The summed E-state index contributed by atoms with van der Waals surface area (Å²) in [4.78, 5) is 20.6. The molecule has 0 aliphatic heterocycles. The van der Waals surface area contributed by atoms with Crippen LogP contribution in [0.15, 0.2) is 10.4 Å². The SMILES string of the molecule is CCNC(=NCC(=O)NC(C)(C)C)NCCCc1nc(C)cs1.I. The fourth-order valence-electron chi connectivity index (χ4n) is 1.91. The fraction of sp³-hybridized carbons (Fsp3) is 0.688. The number of hydrogen-bond acceptors (Lipinski definition) is 4. The predicted octanol–water partition coefficient (Wildman–Crippen LogP) is 2.47. The Labute approximate surface area is 166 Å². The average Bonchev–Trinajstić information content (AvgIpc) is 2.84. The number of amides is 1. The molecule has 0 bridgehead atoms. The third-order valence-electron chi connectivity index (χ3n) is 2.77. The summed E-state index contributed by atoms with van der Waals surface area (Å²) in [5.41, 5.74) is 0.849. The van der Waals surface area contributed by atoms with E-state index in [0.29, 0.717) is 5.96 Å². The number of halogens is 1. The van der Waals surface area contributed by atoms with E-state index in [1.807, 2.05) is 34.6 Å². The first kappa shape index (κ1) is 23.1. The summed E-state index contributed by atoms with van der Waals surface area (Å²) < 4.78 is 0. The molecule has 0 aromatic carbocycles. The topological polar surface area (TPSA) is 78.4 Å². The average molecular weight is 467 g/mol. The van der Waals surface area contributed by atoms with Gasteiger partial charge in [0.15, 0.2) is 5.96 Å². The largest absolute Gasteiger partial charge is 0.357 e. The van der Waals surface area contributed by atoms with Crippen molar-refractivity contribution in [1.29, 1.82) is 0 Å². The molecule has 1 aromatic rings. The second-order valence-corrected chi connectivity index (χ2v) is 7.35. The highest BCUT2D eigenvalue weighted by molar-refractivity contribution is 14.0. The quantitative estimate of drug-likeness (QED) is 0.249. The van der Waals surface area contributed by atoms with Gasteiger partial charge < -0.3 is 16.0 Å². The maximum absolute atomic E-state index is 11.8. The standard InChI is InChI=1S/C16H29N5OS.HI/c1-6-17-15(19-10-13(22)21-16(3,4)5)18-9-7-8-14-20-12(2)11-23-14;/h11H,6-10H2,1-5H3,(H,21,22)(H2,17,18,19);1H. The van der Waals surface area contributed by atoms with Crippen LogP contribution in [-0.4, -0.2) is 42.0 Å². The Balaban J connectivity index is 0.00000529. The van der Waals surface area contributed by atoms with Gasteiger partial charge in [0.25, 0.3) is 0 Å². The maximum atomic E-state index is 11.8. The van der Waals surface area contributed by atoms with Crippen LogP contribution in [0.2, 0.25) is 0 Å². The summed E-state index contributed by atoms with van der Waals surface area (Å²) >= 11 is 1.70. The Hall–Kier alpha value is -0.900. The van der Waals surface area contributed by atoms with Crippen LogP contribution in [0.4, 0.5) is 0 Å². The molecule has 138 valence electrons. The lowest BCUT2D eigenvalue weighted by Gasteiger charge is -2.20. The normalized spacial score (nSPS) is 11.6. The predicted molar refractivity (Wildman–Crippen MR) is 112 cm³/mol. The Kier molecular flexibility index (Phi) is 11.2. The van der Waals surface area contributed by atoms with Gasteiger partial charge >= 0.3 is 0 Å². The van der Waals surface area contributed by atoms with Crippen molar-refractivity contribution >= 4 is 47.2 Å². The molecule has 6 nitrogen and oxygen atoms in total. The van der Waals surface area contributed by atoms with Gasteiger partial charge in [-0.2, -0.15) is 0 Å². The van der Waals surface area contributed by atoms with E-state index in [1.54, 1.807) is 11.3 Å². The number of aromatic nitrogens is 1. The van der Waals surface area contributed by atoms with Crippen LogP contribution in [0.5, 0.6) is 0 Å². The summed E-state index contributed by atoms with van der Waals surface area (Å²) in [6.45, 7) is 11.6. The third kappa shape index (κ3) is 10.8. The Bertz CT molecular complexity index is 525. The van der Waals surface area contributed by atoms with Crippen molar-refractivity contribution in [1.82, 2.24) is 20.9 Å². The zero-order chi connectivity index (χ0) is 17.3. The van der Waals surface area contributed by atoms with Crippen LogP contribution in [0, 0.1) is 6.92 Å². The van der Waals surface area contributed by atoms with Crippen molar-refractivity contribution in [2.75, 3.05) is 19.6 Å². The number of guanidine groups is 1. The molecule has 1 heterocycles. The van der Waals surface area contributed by atoms with E-state index in [2.05, 4.69) is 31.3 Å². The Morgan fingerprint density at radius 2 is 2.04 bits per heavy atom. The smallest absolute Gasteiger partial charge is 0.242 e. The molecule has 0 aliphatic rings. The number of carbonyl (C=O) groups excluding carboxylic acids is 1. The highest BCUT2D eigenvalue weighted by Gasteiger charge is 2.13. The molecule has 0 aliphatic carbocycles. The number of thiazole rings is 1. The first-order valence-electron chi connectivity index (χ1n) is 8.04. The number of nitrogens with zero attached hydrogens (tertiary/aromatic N) is 2. The maximum Gasteiger partial charge on any atom is 0.242 e. The van der Waals surface area contributed by atoms with E-state index in [1.165, 1.54) is 0 Å². The van der Waals surface area contributed by atoms with E-state index in [0.717, 1.165) is 36.6 Å². The van der Waals surface area contributed by atoms with Crippen LogP contribution in [0.3, 0.4) is 0 Å². The monoisotopic (exact) mass is 467 g/mol. The summed E-state index contributed by atoms with van der Waals surface area (Å²) in [5, 5.41) is 12.5. The van der Waals surface area contributed by atoms with E-state index in [4.69, 9.17) is 0 Å². The molecule has 24 heavy (non-hydrogen) atoms. The number of aliphatic imine (C=N–C) groups is 1. The molecule has 0 saturated heterocycles. The zero-order valence-corrected chi connectivity index (χ0v) is 18.4. The molecule has 8 heteroatoms. The molecule has 1 rings (SSSR count). The highest BCUT2D eigenvalue weighted by Crippen LogP contribution is 2.10. The minimum Gasteiger partial charge on any atom is -0.357 e. The number of hydrogen-bond donors (Lipinski definition) is 3. The molecular formula is C16H30IN5OS. The lowest BCUT2D eigenvalue weighted by molar-refractivity contribution is -0.121. The molecule has 0 atom stereocenters. The summed E-state index contributed by atoms with van der Waals surface area (Å²) in [6.07, 6.45) is 1.93. The molecular weight excluding hydrogens is 437 g/mol. The second kappa shape index (κ2) is 11.6. The molecule has 0 fully saturated rings. The van der Waals surface area contributed by atoms with Crippen molar-refractivity contribution in [2.24, 2.45) is 4.99 Å². The number of aryl methyl sites for hydroxylation is 2. The first-order chi connectivity index (χ1) is 10.8. The van der Waals surface area contributed by atoms with Crippen molar-refractivity contribution in [3.63, 3.8) is 0 Å². The van der Waals surface area contributed by atoms with Crippen LogP contribution < -0.4 is 16.0 Å². The third-order valence-corrected chi connectivity index (χ3v) is 3.79. The van der Waals surface area contributed by atoms with Crippen molar-refractivity contribution in [3.05, 3.63) is 16.1 Å². The van der Waals surface area contributed by atoms with E-state index >= 15 is 0 Å². The van der Waals surface area contributed by atoms with Crippen molar-refractivity contribution in [3.8, 4) is 0 Å². The van der Waals surface area contributed by atoms with Crippen LogP contribution in [-0.2, 0) is 11.2 Å². The van der Waals surface area contributed by atoms with Gasteiger partial charge in [-0.05, 0) is 41.0 Å². The van der Waals surface area contributed by atoms with Gasteiger partial charge in [0.2, 0.25) is 5.91 Å². The van der Waals surface area contributed by atoms with Crippen LogP contribution >= 0.6 is 35.3 Å². The summed E-state index contributed by atoms with van der Waals surface area (Å²) in [5.74, 6) is 0.597. The number of carbonyl (C=O) groups is 1. The first-order valence-corrected chi connectivity index (χ1v) is 8.92. The van der Waals surface area contributed by atoms with Gasteiger partial charge in [0, 0.05) is 36.1 Å². The molecule has 0 spiro atoms. The number of nitrogens with one attached hydrogen (secondary N) is 3. The number of rotatable bonds is 7. The molecule has 1 aromatic heterocycles. The minimum atomic E-state index is -0.232. The molecule has 0 unspecified atom stereocenters. The summed E-state index contributed by atoms with van der Waals surface area (Å²) in [7, 11) is 0. The lowest BCUT2D eigenvalue weighted by Crippen LogP contribution is -2.43. The van der Waals surface area contributed by atoms with Crippen LogP contribution in [0.25, 0.3) is 0 Å². The van der Waals surface area contributed by atoms with Gasteiger partial charge in [-0.1, -0.05) is 0 Å². The van der Waals surface area contributed by atoms with Gasteiger partial charge in [0.1, 0.15) is 6.54 Å². The fourth-order valence-corrected chi connectivity index (χ4v) is 2.73. The van der Waals surface area contributed by atoms with Gasteiger partial charge in [-0.3, -0.25) is 4.79 Å². The van der Waals surface area contributed by atoms with E-state index in [9.17, 15) is 4.79 Å². The van der Waals surface area contributed by atoms with E-state index in [-0.39, 0.29) is 42.0 Å².